The minimum atomic E-state index is -4.80. The number of amides is 1. The van der Waals surface area contributed by atoms with Gasteiger partial charge in [-0.15, -0.1) is 0 Å². The maximum absolute atomic E-state index is 14.5. The fraction of sp³-hybridized carbons (Fsp3) is 0.240. The molecule has 34 heavy (non-hydrogen) atoms. The zero-order valence-corrected chi connectivity index (χ0v) is 18.6. The Morgan fingerprint density at radius 2 is 1.79 bits per heavy atom. The molecule has 3 rings (SSSR count). The first-order valence-electron chi connectivity index (χ1n) is 10.4. The average molecular weight is 473 g/mol. The lowest BCUT2D eigenvalue weighted by Crippen LogP contribution is -2.49. The summed E-state index contributed by atoms with van der Waals surface area (Å²) in [6.07, 6.45) is -2.66. The van der Waals surface area contributed by atoms with Crippen LogP contribution >= 0.6 is 0 Å². The van der Waals surface area contributed by atoms with Gasteiger partial charge in [0, 0.05) is 31.4 Å². The zero-order valence-electron chi connectivity index (χ0n) is 18.6. The van der Waals surface area contributed by atoms with Gasteiger partial charge in [0.1, 0.15) is 11.4 Å². The van der Waals surface area contributed by atoms with Gasteiger partial charge in [0.05, 0.1) is 17.9 Å². The van der Waals surface area contributed by atoms with Gasteiger partial charge in [-0.3, -0.25) is 9.98 Å². The van der Waals surface area contributed by atoms with Crippen LogP contribution in [0.5, 0.6) is 0 Å². The SMILES string of the molecule is CCOC(=O)NC(Cc1ccccc1)(c1cc(F)cc(C(F)(F)F)c1)c1ccc(C=NC)cn1. The number of ether oxygens (including phenoxy) is 1. The van der Waals surface area contributed by atoms with Gasteiger partial charge in [0.25, 0.3) is 0 Å². The molecule has 0 aliphatic carbocycles. The quantitative estimate of drug-likeness (QED) is 0.363. The van der Waals surface area contributed by atoms with Gasteiger partial charge in [-0.05, 0) is 48.4 Å². The Morgan fingerprint density at radius 3 is 2.38 bits per heavy atom. The first-order chi connectivity index (χ1) is 16.2. The first kappa shape index (κ1) is 24.9. The van der Waals surface area contributed by atoms with Crippen molar-refractivity contribution >= 4 is 12.3 Å². The number of hydrogen-bond acceptors (Lipinski definition) is 4. The van der Waals surface area contributed by atoms with Crippen LogP contribution in [0.15, 0.2) is 71.9 Å². The van der Waals surface area contributed by atoms with E-state index in [2.05, 4.69) is 15.3 Å². The lowest BCUT2D eigenvalue weighted by Gasteiger charge is -2.35. The number of nitrogens with zero attached hydrogens (tertiary/aromatic N) is 2. The Hall–Kier alpha value is -3.75. The van der Waals surface area contributed by atoms with Crippen molar-refractivity contribution in [3.8, 4) is 0 Å². The molecular weight excluding hydrogens is 450 g/mol. The molecule has 1 unspecified atom stereocenters. The van der Waals surface area contributed by atoms with Gasteiger partial charge in [0.15, 0.2) is 0 Å². The third kappa shape index (κ3) is 5.78. The summed E-state index contributed by atoms with van der Waals surface area (Å²) in [5.74, 6) is -1.09. The molecule has 178 valence electrons. The number of alkyl halides is 3. The normalized spacial score (nSPS) is 13.5. The van der Waals surface area contributed by atoms with Crippen LogP contribution in [-0.2, 0) is 22.9 Å². The maximum Gasteiger partial charge on any atom is 0.416 e. The van der Waals surface area contributed by atoms with Crippen LogP contribution < -0.4 is 5.32 Å². The number of halogens is 4. The molecule has 0 bridgehead atoms. The van der Waals surface area contributed by atoms with Crippen molar-refractivity contribution in [2.45, 2.75) is 25.1 Å². The van der Waals surface area contributed by atoms with Crippen molar-refractivity contribution in [2.24, 2.45) is 4.99 Å². The molecule has 1 N–H and O–H groups in total. The van der Waals surface area contributed by atoms with E-state index in [9.17, 15) is 22.4 Å². The van der Waals surface area contributed by atoms with E-state index in [4.69, 9.17) is 4.74 Å². The van der Waals surface area contributed by atoms with E-state index in [0.29, 0.717) is 17.2 Å². The van der Waals surface area contributed by atoms with Crippen LogP contribution in [0.4, 0.5) is 22.4 Å². The molecule has 5 nitrogen and oxygen atoms in total. The van der Waals surface area contributed by atoms with Gasteiger partial charge >= 0.3 is 12.3 Å². The largest absolute Gasteiger partial charge is 0.450 e. The fourth-order valence-electron chi connectivity index (χ4n) is 3.65. The van der Waals surface area contributed by atoms with Crippen LogP contribution in [0, 0.1) is 5.82 Å². The van der Waals surface area contributed by atoms with E-state index in [1.165, 1.54) is 6.20 Å². The number of aromatic nitrogens is 1. The second-order valence-corrected chi connectivity index (χ2v) is 7.50. The summed E-state index contributed by atoms with van der Waals surface area (Å²) in [7, 11) is 1.58. The molecule has 0 spiro atoms. The molecular formula is C25H23F4N3O2. The Morgan fingerprint density at radius 1 is 1.09 bits per heavy atom. The highest BCUT2D eigenvalue weighted by Crippen LogP contribution is 2.37. The highest BCUT2D eigenvalue weighted by atomic mass is 19.4. The minimum absolute atomic E-state index is 0.0123. The van der Waals surface area contributed by atoms with E-state index < -0.39 is 29.2 Å². The molecule has 1 heterocycles. The Kier molecular flexibility index (Phi) is 7.65. The molecule has 0 aliphatic heterocycles. The number of pyridine rings is 1. The zero-order chi connectivity index (χ0) is 24.8. The molecule has 1 atom stereocenters. The molecule has 9 heteroatoms. The summed E-state index contributed by atoms with van der Waals surface area (Å²) in [4.78, 5) is 21.0. The van der Waals surface area contributed by atoms with Gasteiger partial charge < -0.3 is 10.1 Å². The van der Waals surface area contributed by atoms with Crippen LogP contribution in [0.2, 0.25) is 0 Å². The topological polar surface area (TPSA) is 63.6 Å². The summed E-state index contributed by atoms with van der Waals surface area (Å²) >= 11 is 0. The Bertz CT molecular complexity index is 1150. The third-order valence-electron chi connectivity index (χ3n) is 5.12. The van der Waals surface area contributed by atoms with Crippen molar-refractivity contribution in [2.75, 3.05) is 13.7 Å². The molecule has 2 aromatic carbocycles. The molecule has 0 fully saturated rings. The minimum Gasteiger partial charge on any atom is -0.450 e. The number of hydrogen-bond donors (Lipinski definition) is 1. The molecule has 1 amide bonds. The molecule has 1 aromatic heterocycles. The smallest absolute Gasteiger partial charge is 0.416 e. The Balaban J connectivity index is 2.30. The number of benzene rings is 2. The van der Waals surface area contributed by atoms with Gasteiger partial charge in [-0.25, -0.2) is 9.18 Å². The van der Waals surface area contributed by atoms with Crippen LogP contribution in [0.25, 0.3) is 0 Å². The fourth-order valence-corrected chi connectivity index (χ4v) is 3.65. The number of carbonyl (C=O) groups is 1. The molecule has 0 aliphatic rings. The highest BCUT2D eigenvalue weighted by molar-refractivity contribution is 5.79. The summed E-state index contributed by atoms with van der Waals surface area (Å²) in [6.45, 7) is 1.63. The van der Waals surface area contributed by atoms with Crippen LogP contribution in [0.3, 0.4) is 0 Å². The van der Waals surface area contributed by atoms with Crippen LogP contribution in [-0.4, -0.2) is 30.9 Å². The predicted octanol–water partition coefficient (Wildman–Crippen LogP) is 5.52. The van der Waals surface area contributed by atoms with Crippen molar-refractivity contribution in [3.63, 3.8) is 0 Å². The van der Waals surface area contributed by atoms with E-state index in [1.54, 1.807) is 62.7 Å². The summed E-state index contributed by atoms with van der Waals surface area (Å²) in [6, 6.07) is 14.2. The standard InChI is InChI=1S/C25H23F4N3O2/c1-3-34-23(33)32-24(14-17-7-5-4-6-8-17,22-10-9-18(15-30-2)16-31-22)19-11-20(25(27,28)29)13-21(26)12-19/h4-13,15-16H,3,14H2,1-2H3,(H,32,33). The van der Waals surface area contributed by atoms with Crippen molar-refractivity contribution in [1.29, 1.82) is 0 Å². The third-order valence-corrected chi connectivity index (χ3v) is 5.12. The van der Waals surface area contributed by atoms with Crippen molar-refractivity contribution in [3.05, 3.63) is 101 Å². The maximum atomic E-state index is 14.5. The van der Waals surface area contributed by atoms with E-state index in [1.807, 2.05) is 0 Å². The highest BCUT2D eigenvalue weighted by Gasteiger charge is 2.41. The van der Waals surface area contributed by atoms with E-state index in [-0.39, 0.29) is 24.3 Å². The lowest BCUT2D eigenvalue weighted by atomic mass is 9.79. The van der Waals surface area contributed by atoms with Gasteiger partial charge in [-0.2, -0.15) is 13.2 Å². The summed E-state index contributed by atoms with van der Waals surface area (Å²) in [5, 5.41) is 2.68. The van der Waals surface area contributed by atoms with Crippen molar-refractivity contribution in [1.82, 2.24) is 10.3 Å². The summed E-state index contributed by atoms with van der Waals surface area (Å²) < 4.78 is 60.3. The predicted molar refractivity (Wildman–Crippen MR) is 120 cm³/mol. The lowest BCUT2D eigenvalue weighted by molar-refractivity contribution is -0.137. The summed E-state index contributed by atoms with van der Waals surface area (Å²) in [5.41, 5.74) is -1.44. The number of carbonyl (C=O) groups excluding carboxylic acids is 1. The first-order valence-corrected chi connectivity index (χ1v) is 10.4. The molecule has 0 saturated heterocycles. The van der Waals surface area contributed by atoms with Gasteiger partial charge in [0.2, 0.25) is 0 Å². The second kappa shape index (κ2) is 10.5. The molecule has 0 radical (unpaired) electrons. The molecule has 0 saturated carbocycles. The number of rotatable bonds is 7. The number of nitrogens with one attached hydrogen (secondary N) is 1. The number of alkyl carbamates (subject to hydrolysis) is 1. The van der Waals surface area contributed by atoms with Gasteiger partial charge in [-0.1, -0.05) is 30.3 Å². The number of aliphatic imine (C=N–C) groups is 1. The Labute approximate surface area is 194 Å². The van der Waals surface area contributed by atoms with Crippen molar-refractivity contribution < 1.29 is 27.1 Å². The average Bonchev–Trinajstić information content (AvgIpc) is 2.79. The second-order valence-electron chi connectivity index (χ2n) is 7.50. The van der Waals surface area contributed by atoms with Crippen LogP contribution in [0.1, 0.15) is 34.9 Å². The van der Waals surface area contributed by atoms with E-state index in [0.717, 1.165) is 12.1 Å². The molecule has 3 aromatic rings. The van der Waals surface area contributed by atoms with E-state index >= 15 is 0 Å². The monoisotopic (exact) mass is 473 g/mol.